The summed E-state index contributed by atoms with van der Waals surface area (Å²) in [5.41, 5.74) is 1.32. The number of anilines is 1. The predicted octanol–water partition coefficient (Wildman–Crippen LogP) is 3.90. The van der Waals surface area contributed by atoms with E-state index >= 15 is 0 Å². The van der Waals surface area contributed by atoms with E-state index in [0.29, 0.717) is 28.2 Å². The summed E-state index contributed by atoms with van der Waals surface area (Å²) in [4.78, 5) is 28.5. The lowest BCUT2D eigenvalue weighted by atomic mass is 10.2. The van der Waals surface area contributed by atoms with Crippen LogP contribution in [0.25, 0.3) is 11.4 Å². The molecule has 0 aliphatic rings. The molecule has 3 aromatic rings. The van der Waals surface area contributed by atoms with Gasteiger partial charge in [-0.1, -0.05) is 16.8 Å². The normalized spacial score (nSPS) is 11.6. The highest BCUT2D eigenvalue weighted by Crippen LogP contribution is 2.19. The minimum absolute atomic E-state index is 0.00239. The number of hydrogen-bond donors (Lipinski definition) is 1. The van der Waals surface area contributed by atoms with Gasteiger partial charge in [-0.05, 0) is 55.5 Å². The largest absolute Gasteiger partial charge is 0.497 e. The maximum Gasteiger partial charge on any atom is 0.307 e. The number of methoxy groups -OCH3 is 1. The van der Waals surface area contributed by atoms with Gasteiger partial charge in [0.05, 0.1) is 13.5 Å². The number of hydrogen-bond acceptors (Lipinski definition) is 7. The molecule has 1 aromatic heterocycles. The second-order valence-corrected chi connectivity index (χ2v) is 6.80. The number of carbonyl (C=O) groups is 2. The Morgan fingerprint density at radius 3 is 2.50 bits per heavy atom. The van der Waals surface area contributed by atoms with Crippen molar-refractivity contribution in [1.29, 1.82) is 0 Å². The van der Waals surface area contributed by atoms with Crippen LogP contribution >= 0.6 is 11.6 Å². The van der Waals surface area contributed by atoms with Gasteiger partial charge in [-0.3, -0.25) is 9.59 Å². The van der Waals surface area contributed by atoms with Gasteiger partial charge in [0, 0.05) is 22.7 Å². The fraction of sp³-hybridized carbons (Fsp3) is 0.238. The number of nitrogens with zero attached hydrogens (tertiary/aromatic N) is 2. The molecule has 1 N–H and O–H groups in total. The number of carbonyl (C=O) groups excluding carboxylic acids is 2. The van der Waals surface area contributed by atoms with Crippen molar-refractivity contribution in [2.45, 2.75) is 25.9 Å². The zero-order chi connectivity index (χ0) is 21.5. The monoisotopic (exact) mass is 429 g/mol. The summed E-state index contributed by atoms with van der Waals surface area (Å²) < 4.78 is 15.4. The van der Waals surface area contributed by atoms with Crippen molar-refractivity contribution in [3.63, 3.8) is 0 Å². The summed E-state index contributed by atoms with van der Waals surface area (Å²) in [6, 6.07) is 13.8. The number of rotatable bonds is 8. The highest BCUT2D eigenvalue weighted by molar-refractivity contribution is 6.30. The number of nitrogens with one attached hydrogen (secondary N) is 1. The third-order valence-corrected chi connectivity index (χ3v) is 4.40. The number of ether oxygens (including phenoxy) is 2. The van der Waals surface area contributed by atoms with E-state index in [1.54, 1.807) is 55.6 Å². The van der Waals surface area contributed by atoms with E-state index in [-0.39, 0.29) is 12.8 Å². The van der Waals surface area contributed by atoms with Gasteiger partial charge >= 0.3 is 5.97 Å². The molecule has 0 aliphatic heterocycles. The average Bonchev–Trinajstić information content (AvgIpc) is 3.22. The molecule has 0 bridgehead atoms. The van der Waals surface area contributed by atoms with Gasteiger partial charge < -0.3 is 19.3 Å². The number of amides is 1. The standard InChI is InChI=1S/C21H20ClN3O5/c1-13(21(27)23-16-7-9-17(28-2)10-8-16)29-19(26)12-11-18-24-20(25-30-18)14-3-5-15(22)6-4-14/h3-10,13H,11-12H2,1-2H3,(H,23,27). The number of esters is 1. The Morgan fingerprint density at radius 2 is 1.83 bits per heavy atom. The molecule has 30 heavy (non-hydrogen) atoms. The Labute approximate surface area is 178 Å². The zero-order valence-electron chi connectivity index (χ0n) is 16.4. The zero-order valence-corrected chi connectivity index (χ0v) is 17.2. The summed E-state index contributed by atoms with van der Waals surface area (Å²) >= 11 is 5.86. The van der Waals surface area contributed by atoms with E-state index < -0.39 is 18.0 Å². The Kier molecular flexibility index (Phi) is 7.03. The van der Waals surface area contributed by atoms with Crippen LogP contribution in [0.3, 0.4) is 0 Å². The quantitative estimate of drug-likeness (QED) is 0.541. The van der Waals surface area contributed by atoms with Crippen molar-refractivity contribution in [2.75, 3.05) is 12.4 Å². The molecule has 0 saturated carbocycles. The van der Waals surface area contributed by atoms with Gasteiger partial charge in [0.15, 0.2) is 6.10 Å². The van der Waals surface area contributed by atoms with E-state index in [0.717, 1.165) is 5.56 Å². The predicted molar refractivity (Wildman–Crippen MR) is 110 cm³/mol. The van der Waals surface area contributed by atoms with Crippen LogP contribution in [0.1, 0.15) is 19.2 Å². The highest BCUT2D eigenvalue weighted by Gasteiger charge is 2.19. The number of aryl methyl sites for hydroxylation is 1. The fourth-order valence-corrected chi connectivity index (χ4v) is 2.64. The maximum atomic E-state index is 12.2. The third-order valence-electron chi connectivity index (χ3n) is 4.15. The first-order valence-corrected chi connectivity index (χ1v) is 9.55. The Morgan fingerprint density at radius 1 is 1.13 bits per heavy atom. The van der Waals surface area contributed by atoms with Gasteiger partial charge in [-0.2, -0.15) is 4.98 Å². The van der Waals surface area contributed by atoms with Crippen LogP contribution in [-0.2, 0) is 20.7 Å². The molecular formula is C21H20ClN3O5. The first-order valence-electron chi connectivity index (χ1n) is 9.17. The Balaban J connectivity index is 1.46. The van der Waals surface area contributed by atoms with E-state index in [4.69, 9.17) is 25.6 Å². The molecule has 8 nitrogen and oxygen atoms in total. The van der Waals surface area contributed by atoms with E-state index in [1.165, 1.54) is 6.92 Å². The minimum atomic E-state index is -0.952. The summed E-state index contributed by atoms with van der Waals surface area (Å²) in [6.07, 6.45) is -0.749. The van der Waals surface area contributed by atoms with E-state index in [9.17, 15) is 9.59 Å². The molecule has 9 heteroatoms. The molecule has 0 saturated heterocycles. The molecule has 0 fully saturated rings. The lowest BCUT2D eigenvalue weighted by Gasteiger charge is -2.13. The second kappa shape index (κ2) is 9.89. The number of benzene rings is 2. The topological polar surface area (TPSA) is 104 Å². The van der Waals surface area contributed by atoms with Crippen molar-refractivity contribution < 1.29 is 23.6 Å². The minimum Gasteiger partial charge on any atom is -0.497 e. The number of halogens is 1. The SMILES string of the molecule is COc1ccc(NC(=O)C(C)OC(=O)CCc2nc(-c3ccc(Cl)cc3)no2)cc1. The van der Waals surface area contributed by atoms with Crippen LogP contribution in [-0.4, -0.2) is 35.2 Å². The molecule has 1 amide bonds. The Bertz CT molecular complexity index is 1000. The van der Waals surface area contributed by atoms with Crippen molar-refractivity contribution in [2.24, 2.45) is 0 Å². The second-order valence-electron chi connectivity index (χ2n) is 6.37. The van der Waals surface area contributed by atoms with Gasteiger partial charge in [0.1, 0.15) is 5.75 Å². The van der Waals surface area contributed by atoms with Gasteiger partial charge in [0.25, 0.3) is 5.91 Å². The van der Waals surface area contributed by atoms with Crippen LogP contribution in [0.4, 0.5) is 5.69 Å². The molecule has 1 heterocycles. The van der Waals surface area contributed by atoms with Crippen LogP contribution in [0.2, 0.25) is 5.02 Å². The molecule has 0 radical (unpaired) electrons. The Hall–Kier alpha value is -3.39. The first kappa shape index (κ1) is 21.3. The molecule has 0 aliphatic carbocycles. The van der Waals surface area contributed by atoms with Gasteiger partial charge in [-0.25, -0.2) is 0 Å². The summed E-state index contributed by atoms with van der Waals surface area (Å²) in [5.74, 6) is 0.400. The molecule has 3 rings (SSSR count). The molecule has 156 valence electrons. The smallest absolute Gasteiger partial charge is 0.307 e. The summed E-state index contributed by atoms with van der Waals surface area (Å²) in [7, 11) is 1.56. The van der Waals surface area contributed by atoms with Crippen LogP contribution in [0.15, 0.2) is 53.1 Å². The lowest BCUT2D eigenvalue weighted by molar-refractivity contribution is -0.153. The lowest BCUT2D eigenvalue weighted by Crippen LogP contribution is -2.30. The van der Waals surface area contributed by atoms with Gasteiger partial charge in [-0.15, -0.1) is 0 Å². The maximum absolute atomic E-state index is 12.2. The molecule has 1 unspecified atom stereocenters. The van der Waals surface area contributed by atoms with Gasteiger partial charge in [0.2, 0.25) is 11.7 Å². The average molecular weight is 430 g/mol. The highest BCUT2D eigenvalue weighted by atomic mass is 35.5. The third kappa shape index (κ3) is 5.81. The fourth-order valence-electron chi connectivity index (χ4n) is 2.51. The van der Waals surface area contributed by atoms with Crippen LogP contribution in [0, 0.1) is 0 Å². The van der Waals surface area contributed by atoms with Crippen molar-refractivity contribution in [1.82, 2.24) is 10.1 Å². The number of aromatic nitrogens is 2. The van der Waals surface area contributed by atoms with Crippen molar-refractivity contribution >= 4 is 29.2 Å². The molecule has 1 atom stereocenters. The van der Waals surface area contributed by atoms with E-state index in [2.05, 4.69) is 15.5 Å². The summed E-state index contributed by atoms with van der Waals surface area (Å²) in [5, 5.41) is 7.17. The molecular weight excluding hydrogens is 410 g/mol. The molecule has 2 aromatic carbocycles. The van der Waals surface area contributed by atoms with Crippen LogP contribution < -0.4 is 10.1 Å². The van der Waals surface area contributed by atoms with E-state index in [1.807, 2.05) is 0 Å². The summed E-state index contributed by atoms with van der Waals surface area (Å²) in [6.45, 7) is 1.50. The van der Waals surface area contributed by atoms with Crippen molar-refractivity contribution in [3.8, 4) is 17.1 Å². The first-order chi connectivity index (χ1) is 14.4. The van der Waals surface area contributed by atoms with Crippen LogP contribution in [0.5, 0.6) is 5.75 Å². The molecule has 0 spiro atoms. The van der Waals surface area contributed by atoms with Crippen molar-refractivity contribution in [3.05, 3.63) is 59.4 Å².